The molecule has 1 aliphatic heterocycles. The maximum Gasteiger partial charge on any atom is 0.253 e. The fourth-order valence-corrected chi connectivity index (χ4v) is 3.72. The second kappa shape index (κ2) is 12.5. The van der Waals surface area contributed by atoms with Crippen LogP contribution in [0.3, 0.4) is 0 Å². The molecule has 1 saturated heterocycles. The third-order valence-corrected chi connectivity index (χ3v) is 5.72. The lowest BCUT2D eigenvalue weighted by Gasteiger charge is -2.23. The summed E-state index contributed by atoms with van der Waals surface area (Å²) in [6.07, 6.45) is 10.7. The molecule has 29 heavy (non-hydrogen) atoms. The van der Waals surface area contributed by atoms with Crippen LogP contribution >= 0.6 is 0 Å². The first kappa shape index (κ1) is 23.2. The van der Waals surface area contributed by atoms with E-state index < -0.39 is 0 Å². The van der Waals surface area contributed by atoms with E-state index in [1.807, 2.05) is 25.1 Å². The van der Waals surface area contributed by atoms with E-state index in [1.165, 1.54) is 25.7 Å². The molecule has 1 fully saturated rings. The van der Waals surface area contributed by atoms with Crippen LogP contribution in [0, 0.1) is 0 Å². The van der Waals surface area contributed by atoms with E-state index in [2.05, 4.69) is 29.4 Å². The summed E-state index contributed by atoms with van der Waals surface area (Å²) in [6.45, 7) is 8.24. The summed E-state index contributed by atoms with van der Waals surface area (Å²) in [7, 11) is 0. The lowest BCUT2D eigenvalue weighted by Crippen LogP contribution is -2.33. The Kier molecular flexibility index (Phi) is 10.0. The van der Waals surface area contributed by atoms with Gasteiger partial charge in [-0.3, -0.25) is 9.59 Å². The third-order valence-electron chi connectivity index (χ3n) is 5.72. The molecule has 0 spiro atoms. The van der Waals surface area contributed by atoms with Gasteiger partial charge < -0.3 is 15.5 Å². The van der Waals surface area contributed by atoms with Crippen molar-refractivity contribution in [1.29, 1.82) is 0 Å². The van der Waals surface area contributed by atoms with Gasteiger partial charge in [-0.15, -0.1) is 0 Å². The number of nitrogens with zero attached hydrogens (tertiary/aromatic N) is 1. The van der Waals surface area contributed by atoms with Crippen LogP contribution < -0.4 is 15.5 Å². The SMILES string of the molecule is CCCCCCCCC(=O)Nc1ccc(N2CCCC2)c(C(=O)NC(C)CC)c1. The number of rotatable bonds is 12. The molecule has 2 rings (SSSR count). The normalized spacial score (nSPS) is 14.7. The highest BCUT2D eigenvalue weighted by Crippen LogP contribution is 2.28. The molecule has 1 aromatic carbocycles. The molecule has 1 atom stereocenters. The van der Waals surface area contributed by atoms with Gasteiger partial charge in [-0.1, -0.05) is 46.0 Å². The Labute approximate surface area is 176 Å². The van der Waals surface area contributed by atoms with Crippen molar-refractivity contribution >= 4 is 23.2 Å². The third kappa shape index (κ3) is 7.71. The monoisotopic (exact) mass is 401 g/mol. The first-order chi connectivity index (χ1) is 14.0. The number of hydrogen-bond donors (Lipinski definition) is 2. The quantitative estimate of drug-likeness (QED) is 0.454. The molecular weight excluding hydrogens is 362 g/mol. The Bertz CT molecular complexity index is 654. The summed E-state index contributed by atoms with van der Waals surface area (Å²) < 4.78 is 0. The van der Waals surface area contributed by atoms with Gasteiger partial charge in [0.05, 0.1) is 5.56 Å². The number of amides is 2. The van der Waals surface area contributed by atoms with Gasteiger partial charge in [0.25, 0.3) is 5.91 Å². The summed E-state index contributed by atoms with van der Waals surface area (Å²) in [5.41, 5.74) is 2.33. The van der Waals surface area contributed by atoms with Gasteiger partial charge in [-0.05, 0) is 50.8 Å². The van der Waals surface area contributed by atoms with E-state index in [4.69, 9.17) is 0 Å². The van der Waals surface area contributed by atoms with Crippen molar-refractivity contribution in [2.24, 2.45) is 0 Å². The van der Waals surface area contributed by atoms with Crippen LogP contribution in [-0.2, 0) is 4.79 Å². The van der Waals surface area contributed by atoms with E-state index in [0.717, 1.165) is 50.9 Å². The molecule has 162 valence electrons. The van der Waals surface area contributed by atoms with Crippen molar-refractivity contribution in [1.82, 2.24) is 5.32 Å². The number of carbonyl (C=O) groups excluding carboxylic acids is 2. The fourth-order valence-electron chi connectivity index (χ4n) is 3.72. The van der Waals surface area contributed by atoms with E-state index in [0.29, 0.717) is 17.7 Å². The van der Waals surface area contributed by atoms with Crippen molar-refractivity contribution in [2.75, 3.05) is 23.3 Å². The zero-order valence-corrected chi connectivity index (χ0v) is 18.6. The predicted molar refractivity (Wildman–Crippen MR) is 122 cm³/mol. The van der Waals surface area contributed by atoms with Crippen LogP contribution in [0.25, 0.3) is 0 Å². The van der Waals surface area contributed by atoms with E-state index in [9.17, 15) is 9.59 Å². The Hall–Kier alpha value is -2.04. The smallest absolute Gasteiger partial charge is 0.253 e. The molecule has 0 bridgehead atoms. The van der Waals surface area contributed by atoms with Gasteiger partial charge in [0.2, 0.25) is 5.91 Å². The van der Waals surface area contributed by atoms with Crippen LogP contribution in [0.4, 0.5) is 11.4 Å². The summed E-state index contributed by atoms with van der Waals surface area (Å²) in [5.74, 6) is -0.0315. The second-order valence-electron chi connectivity index (χ2n) is 8.27. The first-order valence-corrected chi connectivity index (χ1v) is 11.5. The summed E-state index contributed by atoms with van der Waals surface area (Å²) in [6, 6.07) is 5.87. The van der Waals surface area contributed by atoms with Crippen LogP contribution in [-0.4, -0.2) is 30.9 Å². The van der Waals surface area contributed by atoms with E-state index in [-0.39, 0.29) is 17.9 Å². The average molecular weight is 402 g/mol. The molecule has 2 N–H and O–H groups in total. The second-order valence-corrected chi connectivity index (χ2v) is 8.27. The Morgan fingerprint density at radius 3 is 2.41 bits per heavy atom. The van der Waals surface area contributed by atoms with Gasteiger partial charge in [-0.2, -0.15) is 0 Å². The minimum absolute atomic E-state index is 0.0303. The number of benzene rings is 1. The molecule has 5 heteroatoms. The van der Waals surface area contributed by atoms with Crippen LogP contribution in [0.2, 0.25) is 0 Å². The molecular formula is C24H39N3O2. The van der Waals surface area contributed by atoms with Crippen molar-refractivity contribution in [3.8, 4) is 0 Å². The number of carbonyl (C=O) groups is 2. The van der Waals surface area contributed by atoms with Crippen molar-refractivity contribution in [3.05, 3.63) is 23.8 Å². The molecule has 0 radical (unpaired) electrons. The number of unbranched alkanes of at least 4 members (excludes halogenated alkanes) is 5. The van der Waals surface area contributed by atoms with Crippen LogP contribution in [0.5, 0.6) is 0 Å². The molecule has 0 saturated carbocycles. The highest BCUT2D eigenvalue weighted by molar-refractivity contribution is 6.02. The van der Waals surface area contributed by atoms with Gasteiger partial charge in [0, 0.05) is 36.9 Å². The Balaban J connectivity index is 2.00. The van der Waals surface area contributed by atoms with Gasteiger partial charge in [-0.25, -0.2) is 0 Å². The lowest BCUT2D eigenvalue weighted by molar-refractivity contribution is -0.116. The summed E-state index contributed by atoms with van der Waals surface area (Å²) >= 11 is 0. The molecule has 1 heterocycles. The number of nitrogens with one attached hydrogen (secondary N) is 2. The Morgan fingerprint density at radius 1 is 1.03 bits per heavy atom. The molecule has 1 aliphatic rings. The number of anilines is 2. The Morgan fingerprint density at radius 2 is 1.72 bits per heavy atom. The van der Waals surface area contributed by atoms with E-state index >= 15 is 0 Å². The van der Waals surface area contributed by atoms with Crippen molar-refractivity contribution in [3.63, 3.8) is 0 Å². The number of hydrogen-bond acceptors (Lipinski definition) is 3. The van der Waals surface area contributed by atoms with Crippen molar-refractivity contribution in [2.45, 2.75) is 91.0 Å². The summed E-state index contributed by atoms with van der Waals surface area (Å²) in [4.78, 5) is 27.5. The van der Waals surface area contributed by atoms with Crippen LogP contribution in [0.1, 0.15) is 95.3 Å². The largest absolute Gasteiger partial charge is 0.371 e. The molecule has 1 aromatic rings. The van der Waals surface area contributed by atoms with Gasteiger partial charge in [0.15, 0.2) is 0 Å². The zero-order valence-electron chi connectivity index (χ0n) is 18.6. The topological polar surface area (TPSA) is 61.4 Å². The molecule has 0 aromatic heterocycles. The highest BCUT2D eigenvalue weighted by atomic mass is 16.2. The van der Waals surface area contributed by atoms with Crippen LogP contribution in [0.15, 0.2) is 18.2 Å². The molecule has 5 nitrogen and oxygen atoms in total. The minimum Gasteiger partial charge on any atom is -0.371 e. The fraction of sp³-hybridized carbons (Fsp3) is 0.667. The highest BCUT2D eigenvalue weighted by Gasteiger charge is 2.21. The minimum atomic E-state index is -0.0618. The molecule has 2 amide bonds. The maximum atomic E-state index is 12.9. The first-order valence-electron chi connectivity index (χ1n) is 11.5. The average Bonchev–Trinajstić information content (AvgIpc) is 3.25. The molecule has 0 aliphatic carbocycles. The molecule has 1 unspecified atom stereocenters. The lowest BCUT2D eigenvalue weighted by atomic mass is 10.1. The van der Waals surface area contributed by atoms with Gasteiger partial charge >= 0.3 is 0 Å². The predicted octanol–water partition coefficient (Wildman–Crippen LogP) is 5.50. The standard InChI is InChI=1S/C24H39N3O2/c1-4-6-7-8-9-10-13-23(28)26-20-14-15-22(27-16-11-12-17-27)21(18-20)24(29)25-19(3)5-2/h14-15,18-19H,4-13,16-17H2,1-3H3,(H,25,29)(H,26,28). The zero-order chi connectivity index (χ0) is 21.1. The summed E-state index contributed by atoms with van der Waals surface area (Å²) in [5, 5.41) is 6.06. The van der Waals surface area contributed by atoms with Crippen molar-refractivity contribution < 1.29 is 9.59 Å². The van der Waals surface area contributed by atoms with E-state index in [1.54, 1.807) is 0 Å². The maximum absolute atomic E-state index is 12.9. The van der Waals surface area contributed by atoms with Gasteiger partial charge in [0.1, 0.15) is 0 Å².